The second kappa shape index (κ2) is 10.3. The number of halogens is 1. The summed E-state index contributed by atoms with van der Waals surface area (Å²) in [6.07, 6.45) is 1.59. The number of hydrogen-bond donors (Lipinski definition) is 1. The van der Waals surface area contributed by atoms with Crippen LogP contribution in [0.25, 0.3) is 0 Å². The van der Waals surface area contributed by atoms with E-state index < -0.39 is 0 Å². The number of nitrogens with zero attached hydrogens (tertiary/aromatic N) is 1. The lowest BCUT2D eigenvalue weighted by Crippen LogP contribution is -2.41. The van der Waals surface area contributed by atoms with E-state index in [2.05, 4.69) is 43.1 Å². The van der Waals surface area contributed by atoms with Crippen LogP contribution >= 0.6 is 0 Å². The molecule has 1 heterocycles. The van der Waals surface area contributed by atoms with Crippen molar-refractivity contribution in [3.05, 3.63) is 64.5 Å². The number of amides is 1. The molecule has 1 unspecified atom stereocenters. The Morgan fingerprint density at radius 1 is 1.16 bits per heavy atom. The molecule has 0 saturated carbocycles. The van der Waals surface area contributed by atoms with E-state index in [9.17, 15) is 9.18 Å². The minimum atomic E-state index is -0.160. The van der Waals surface area contributed by atoms with Gasteiger partial charge in [0.2, 0.25) is 5.91 Å². The highest BCUT2D eigenvalue weighted by Gasteiger charge is 2.27. The maximum atomic E-state index is 13.9. The molecular weight excluding hydrogens is 391 g/mol. The fourth-order valence-corrected chi connectivity index (χ4v) is 4.44. The minimum Gasteiger partial charge on any atom is -0.496 e. The van der Waals surface area contributed by atoms with Crippen molar-refractivity contribution in [2.45, 2.75) is 59.0 Å². The van der Waals surface area contributed by atoms with Crippen LogP contribution in [0.2, 0.25) is 0 Å². The van der Waals surface area contributed by atoms with Gasteiger partial charge in [0.25, 0.3) is 0 Å². The molecule has 2 aromatic rings. The van der Waals surface area contributed by atoms with E-state index in [1.807, 2.05) is 19.1 Å². The van der Waals surface area contributed by atoms with Gasteiger partial charge >= 0.3 is 0 Å². The molecule has 1 N–H and O–H groups in total. The van der Waals surface area contributed by atoms with Crippen LogP contribution in [0.1, 0.15) is 67.8 Å². The third kappa shape index (κ3) is 5.65. The van der Waals surface area contributed by atoms with Gasteiger partial charge in [-0.1, -0.05) is 32.0 Å². The molecule has 1 saturated heterocycles. The molecule has 168 valence electrons. The number of likely N-dealkylation sites (tertiary alicyclic amines) is 1. The summed E-state index contributed by atoms with van der Waals surface area (Å²) in [5.74, 6) is 1.20. The van der Waals surface area contributed by atoms with Crippen molar-refractivity contribution in [3.63, 3.8) is 0 Å². The SMILES string of the molecule is COc1cc(C)c(C(C)NC(=O)C2CCN(Cc3ccccc3F)CC2)cc1C(C)C. The molecule has 5 heteroatoms. The number of nitrogens with one attached hydrogen (secondary N) is 1. The number of rotatable bonds is 7. The Labute approximate surface area is 185 Å². The standard InChI is InChI=1S/C26H35FN2O2/c1-17(2)22-15-23(18(3)14-25(22)31-5)19(4)28-26(30)20-10-12-29(13-11-20)16-21-8-6-7-9-24(21)27/h6-9,14-15,17,19-20H,10-13,16H2,1-5H3,(H,28,30). The quantitative estimate of drug-likeness (QED) is 0.648. The van der Waals surface area contributed by atoms with Crippen LogP contribution in [0, 0.1) is 18.7 Å². The van der Waals surface area contributed by atoms with Gasteiger partial charge < -0.3 is 10.1 Å². The molecule has 1 aliphatic rings. The highest BCUT2D eigenvalue weighted by atomic mass is 19.1. The maximum Gasteiger partial charge on any atom is 0.223 e. The van der Waals surface area contributed by atoms with Crippen molar-refractivity contribution < 1.29 is 13.9 Å². The van der Waals surface area contributed by atoms with Gasteiger partial charge in [-0.15, -0.1) is 0 Å². The van der Waals surface area contributed by atoms with Crippen LogP contribution in [-0.4, -0.2) is 31.0 Å². The minimum absolute atomic E-state index is 0.00226. The van der Waals surface area contributed by atoms with Crippen molar-refractivity contribution in [3.8, 4) is 5.75 Å². The summed E-state index contributed by atoms with van der Waals surface area (Å²) in [7, 11) is 1.70. The van der Waals surface area contributed by atoms with Crippen molar-refractivity contribution in [2.75, 3.05) is 20.2 Å². The summed E-state index contributed by atoms with van der Waals surface area (Å²) in [5.41, 5.74) is 4.13. The molecule has 31 heavy (non-hydrogen) atoms. The van der Waals surface area contributed by atoms with E-state index in [0.29, 0.717) is 12.5 Å². The molecule has 0 aromatic heterocycles. The number of benzene rings is 2. The third-order valence-corrected chi connectivity index (χ3v) is 6.38. The summed E-state index contributed by atoms with van der Waals surface area (Å²) in [4.78, 5) is 15.2. The van der Waals surface area contributed by atoms with E-state index in [1.54, 1.807) is 13.2 Å². The Bertz CT molecular complexity index is 904. The summed E-state index contributed by atoms with van der Waals surface area (Å²) >= 11 is 0. The van der Waals surface area contributed by atoms with Gasteiger partial charge in [-0.2, -0.15) is 0 Å². The van der Waals surface area contributed by atoms with E-state index in [4.69, 9.17) is 4.74 Å². The Morgan fingerprint density at radius 3 is 2.45 bits per heavy atom. The molecule has 0 radical (unpaired) electrons. The number of carbonyl (C=O) groups is 1. The zero-order valence-electron chi connectivity index (χ0n) is 19.4. The van der Waals surface area contributed by atoms with Crippen LogP contribution in [-0.2, 0) is 11.3 Å². The second-order valence-electron chi connectivity index (χ2n) is 8.98. The Morgan fingerprint density at radius 2 is 1.84 bits per heavy atom. The van der Waals surface area contributed by atoms with Gasteiger partial charge in [-0.25, -0.2) is 4.39 Å². The lowest BCUT2D eigenvalue weighted by atomic mass is 9.92. The first-order valence-corrected chi connectivity index (χ1v) is 11.2. The van der Waals surface area contributed by atoms with E-state index in [1.165, 1.54) is 6.07 Å². The first-order chi connectivity index (χ1) is 14.8. The molecule has 1 amide bonds. The number of piperidine rings is 1. The number of carbonyl (C=O) groups excluding carboxylic acids is 1. The van der Waals surface area contributed by atoms with E-state index in [-0.39, 0.29) is 23.7 Å². The maximum absolute atomic E-state index is 13.9. The van der Waals surface area contributed by atoms with E-state index in [0.717, 1.165) is 53.9 Å². The average Bonchev–Trinajstić information content (AvgIpc) is 2.75. The first kappa shape index (κ1) is 23.3. The molecular formula is C26H35FN2O2. The number of methoxy groups -OCH3 is 1. The number of aryl methyl sites for hydroxylation is 1. The second-order valence-corrected chi connectivity index (χ2v) is 8.98. The van der Waals surface area contributed by atoms with Crippen molar-refractivity contribution in [1.82, 2.24) is 10.2 Å². The van der Waals surface area contributed by atoms with Gasteiger partial charge in [0.05, 0.1) is 13.2 Å². The molecule has 0 bridgehead atoms. The van der Waals surface area contributed by atoms with Crippen molar-refractivity contribution in [1.29, 1.82) is 0 Å². The fourth-order valence-electron chi connectivity index (χ4n) is 4.44. The number of hydrogen-bond acceptors (Lipinski definition) is 3. The van der Waals surface area contributed by atoms with Gasteiger partial charge in [0, 0.05) is 18.0 Å². The monoisotopic (exact) mass is 426 g/mol. The number of ether oxygens (including phenoxy) is 1. The molecule has 2 aromatic carbocycles. The van der Waals surface area contributed by atoms with Gasteiger partial charge in [-0.05, 0) is 80.6 Å². The van der Waals surface area contributed by atoms with Crippen LogP contribution in [0.3, 0.4) is 0 Å². The van der Waals surface area contributed by atoms with Gasteiger partial charge in [0.1, 0.15) is 11.6 Å². The summed E-state index contributed by atoms with van der Waals surface area (Å²) < 4.78 is 19.5. The predicted octanol–water partition coefficient (Wildman–Crippen LogP) is 5.36. The molecule has 3 rings (SSSR count). The van der Waals surface area contributed by atoms with E-state index >= 15 is 0 Å². The Hall–Kier alpha value is -2.40. The molecule has 1 atom stereocenters. The largest absolute Gasteiger partial charge is 0.496 e. The lowest BCUT2D eigenvalue weighted by Gasteiger charge is -2.32. The summed E-state index contributed by atoms with van der Waals surface area (Å²) in [6.45, 7) is 10.6. The first-order valence-electron chi connectivity index (χ1n) is 11.2. The zero-order valence-corrected chi connectivity index (χ0v) is 19.4. The topological polar surface area (TPSA) is 41.6 Å². The zero-order chi connectivity index (χ0) is 22.5. The Balaban J connectivity index is 1.58. The summed E-state index contributed by atoms with van der Waals surface area (Å²) in [5, 5.41) is 3.23. The van der Waals surface area contributed by atoms with Crippen molar-refractivity contribution in [2.24, 2.45) is 5.92 Å². The van der Waals surface area contributed by atoms with Gasteiger partial charge in [-0.3, -0.25) is 9.69 Å². The lowest BCUT2D eigenvalue weighted by molar-refractivity contribution is -0.127. The smallest absolute Gasteiger partial charge is 0.223 e. The molecule has 0 spiro atoms. The van der Waals surface area contributed by atoms with Crippen molar-refractivity contribution >= 4 is 5.91 Å². The normalized spacial score (nSPS) is 16.4. The third-order valence-electron chi connectivity index (χ3n) is 6.38. The highest BCUT2D eigenvalue weighted by Crippen LogP contribution is 2.32. The van der Waals surface area contributed by atoms with Crippen LogP contribution in [0.5, 0.6) is 5.75 Å². The molecule has 0 aliphatic carbocycles. The van der Waals surface area contributed by atoms with Crippen LogP contribution < -0.4 is 10.1 Å². The predicted molar refractivity (Wildman–Crippen MR) is 123 cm³/mol. The highest BCUT2D eigenvalue weighted by molar-refractivity contribution is 5.79. The Kier molecular flexibility index (Phi) is 7.71. The fraction of sp³-hybridized carbons (Fsp3) is 0.500. The van der Waals surface area contributed by atoms with Crippen LogP contribution in [0.4, 0.5) is 4.39 Å². The van der Waals surface area contributed by atoms with Gasteiger partial charge in [0.15, 0.2) is 0 Å². The summed E-state index contributed by atoms with van der Waals surface area (Å²) in [6, 6.07) is 11.1. The average molecular weight is 427 g/mol. The molecule has 1 aliphatic heterocycles. The molecule has 4 nitrogen and oxygen atoms in total. The van der Waals surface area contributed by atoms with Crippen LogP contribution in [0.15, 0.2) is 36.4 Å². The molecule has 1 fully saturated rings.